The number of carbonyl (C=O) groups is 2. The van der Waals surface area contributed by atoms with E-state index in [1.54, 1.807) is 0 Å². The highest BCUT2D eigenvalue weighted by Gasteiger charge is 2.30. The van der Waals surface area contributed by atoms with Gasteiger partial charge in [0.25, 0.3) is 5.91 Å². The Hall–Kier alpha value is -3.02. The number of amides is 2. The topological polar surface area (TPSA) is 78.7 Å². The van der Waals surface area contributed by atoms with Gasteiger partial charge in [0, 0.05) is 50.9 Å². The van der Waals surface area contributed by atoms with Crippen molar-refractivity contribution in [3.05, 3.63) is 53.1 Å². The van der Waals surface area contributed by atoms with Crippen molar-refractivity contribution in [1.29, 1.82) is 0 Å². The molecule has 4 rings (SSSR count). The molecule has 2 heterocycles. The number of hydrogen-bond acceptors (Lipinski definition) is 4. The molecule has 6 heteroatoms. The molecule has 28 heavy (non-hydrogen) atoms. The first-order valence-corrected chi connectivity index (χ1v) is 9.74. The van der Waals surface area contributed by atoms with E-state index in [4.69, 9.17) is 5.73 Å². The Morgan fingerprint density at radius 3 is 2.43 bits per heavy atom. The van der Waals surface area contributed by atoms with E-state index in [1.807, 2.05) is 31.1 Å². The Kier molecular flexibility index (Phi) is 4.71. The van der Waals surface area contributed by atoms with E-state index in [2.05, 4.69) is 34.5 Å². The SMILES string of the molecule is CN(C)c1ccc(C2CC(=O)Nc3cc(N4CCCC4)c(C(N)=O)cc32)cc1. The molecule has 2 aliphatic rings. The minimum atomic E-state index is -0.427. The van der Waals surface area contributed by atoms with Crippen molar-refractivity contribution in [3.8, 4) is 0 Å². The molecule has 0 saturated carbocycles. The molecule has 0 radical (unpaired) electrons. The molecule has 0 aliphatic carbocycles. The number of hydrogen-bond donors (Lipinski definition) is 2. The van der Waals surface area contributed by atoms with Crippen LogP contribution >= 0.6 is 0 Å². The monoisotopic (exact) mass is 378 g/mol. The van der Waals surface area contributed by atoms with E-state index in [0.29, 0.717) is 12.0 Å². The first kappa shape index (κ1) is 18.3. The van der Waals surface area contributed by atoms with Crippen LogP contribution in [0, 0.1) is 0 Å². The Morgan fingerprint density at radius 2 is 1.82 bits per heavy atom. The molecular weight excluding hydrogens is 352 g/mol. The van der Waals surface area contributed by atoms with Crippen molar-refractivity contribution in [2.24, 2.45) is 5.73 Å². The van der Waals surface area contributed by atoms with Crippen LogP contribution < -0.4 is 20.9 Å². The third-order valence-corrected chi connectivity index (χ3v) is 5.73. The number of fused-ring (bicyclic) bond motifs is 1. The predicted octanol–water partition coefficient (Wildman–Crippen LogP) is 2.93. The minimum absolute atomic E-state index is 0.00613. The first-order chi connectivity index (χ1) is 13.4. The number of nitrogens with zero attached hydrogens (tertiary/aromatic N) is 2. The van der Waals surface area contributed by atoms with Crippen molar-refractivity contribution < 1.29 is 9.59 Å². The summed E-state index contributed by atoms with van der Waals surface area (Å²) in [5.41, 5.74) is 11.0. The van der Waals surface area contributed by atoms with Crippen LogP contribution in [0.2, 0.25) is 0 Å². The largest absolute Gasteiger partial charge is 0.378 e. The maximum Gasteiger partial charge on any atom is 0.250 e. The second kappa shape index (κ2) is 7.19. The van der Waals surface area contributed by atoms with Gasteiger partial charge in [0.15, 0.2) is 0 Å². The van der Waals surface area contributed by atoms with Gasteiger partial charge in [0.1, 0.15) is 0 Å². The molecule has 0 spiro atoms. The molecule has 1 fully saturated rings. The zero-order valence-corrected chi connectivity index (χ0v) is 16.4. The summed E-state index contributed by atoms with van der Waals surface area (Å²) < 4.78 is 0. The van der Waals surface area contributed by atoms with Gasteiger partial charge < -0.3 is 20.9 Å². The van der Waals surface area contributed by atoms with Crippen molar-refractivity contribution in [3.63, 3.8) is 0 Å². The molecule has 146 valence electrons. The Balaban J connectivity index is 1.79. The van der Waals surface area contributed by atoms with Crippen LogP contribution in [0.25, 0.3) is 0 Å². The van der Waals surface area contributed by atoms with Gasteiger partial charge in [-0.05, 0) is 48.2 Å². The quantitative estimate of drug-likeness (QED) is 0.857. The van der Waals surface area contributed by atoms with Crippen LogP contribution in [-0.2, 0) is 4.79 Å². The Bertz CT molecular complexity index is 915. The molecule has 2 aliphatic heterocycles. The van der Waals surface area contributed by atoms with E-state index in [-0.39, 0.29) is 11.8 Å². The summed E-state index contributed by atoms with van der Waals surface area (Å²) in [6.07, 6.45) is 2.56. The number of primary amides is 1. The maximum absolute atomic E-state index is 12.4. The van der Waals surface area contributed by atoms with Gasteiger partial charge in [-0.15, -0.1) is 0 Å². The Morgan fingerprint density at radius 1 is 1.14 bits per heavy atom. The predicted molar refractivity (Wildman–Crippen MR) is 112 cm³/mol. The fourth-order valence-corrected chi connectivity index (χ4v) is 4.22. The van der Waals surface area contributed by atoms with Gasteiger partial charge >= 0.3 is 0 Å². The molecule has 1 saturated heterocycles. The Labute approximate surface area is 165 Å². The normalized spacial score (nSPS) is 18.6. The fourth-order valence-electron chi connectivity index (χ4n) is 4.22. The zero-order chi connectivity index (χ0) is 19.8. The summed E-state index contributed by atoms with van der Waals surface area (Å²) >= 11 is 0. The minimum Gasteiger partial charge on any atom is -0.378 e. The van der Waals surface area contributed by atoms with Gasteiger partial charge in [-0.1, -0.05) is 12.1 Å². The lowest BCUT2D eigenvalue weighted by atomic mass is 9.83. The fraction of sp³-hybridized carbons (Fsp3) is 0.364. The standard InChI is InChI=1S/C22H26N4O2/c1-25(2)15-7-5-14(6-8-15)16-12-21(27)24-19-13-20(26-9-3-4-10-26)18(22(23)28)11-17(16)19/h5-8,11,13,16H,3-4,9-10,12H2,1-2H3,(H2,23,28)(H,24,27). The van der Waals surface area contributed by atoms with E-state index < -0.39 is 5.91 Å². The summed E-state index contributed by atoms with van der Waals surface area (Å²) in [7, 11) is 3.99. The third kappa shape index (κ3) is 3.30. The lowest BCUT2D eigenvalue weighted by molar-refractivity contribution is -0.116. The molecule has 6 nitrogen and oxygen atoms in total. The third-order valence-electron chi connectivity index (χ3n) is 5.73. The van der Waals surface area contributed by atoms with E-state index in [0.717, 1.165) is 54.1 Å². The summed E-state index contributed by atoms with van der Waals surface area (Å²) in [4.78, 5) is 28.8. The highest BCUT2D eigenvalue weighted by molar-refractivity contribution is 6.03. The average Bonchev–Trinajstić information content (AvgIpc) is 3.21. The summed E-state index contributed by atoms with van der Waals surface area (Å²) in [6, 6.07) is 12.0. The molecule has 2 amide bonds. The summed E-state index contributed by atoms with van der Waals surface area (Å²) in [5.74, 6) is -0.526. The second-order valence-corrected chi connectivity index (χ2v) is 7.81. The molecule has 3 N–H and O–H groups in total. The molecule has 0 aromatic heterocycles. The summed E-state index contributed by atoms with van der Waals surface area (Å²) in [6.45, 7) is 1.81. The number of nitrogens with one attached hydrogen (secondary N) is 1. The van der Waals surface area contributed by atoms with Crippen molar-refractivity contribution >= 4 is 28.9 Å². The van der Waals surface area contributed by atoms with Gasteiger partial charge in [-0.2, -0.15) is 0 Å². The van der Waals surface area contributed by atoms with Crippen LogP contribution in [0.15, 0.2) is 36.4 Å². The van der Waals surface area contributed by atoms with Gasteiger partial charge in [-0.3, -0.25) is 9.59 Å². The van der Waals surface area contributed by atoms with Crippen LogP contribution in [0.3, 0.4) is 0 Å². The average molecular weight is 378 g/mol. The lowest BCUT2D eigenvalue weighted by Gasteiger charge is -2.30. The smallest absolute Gasteiger partial charge is 0.250 e. The molecule has 1 unspecified atom stereocenters. The first-order valence-electron chi connectivity index (χ1n) is 9.74. The number of nitrogens with two attached hydrogens (primary N) is 1. The van der Waals surface area contributed by atoms with Crippen LogP contribution in [0.4, 0.5) is 17.1 Å². The molecular formula is C22H26N4O2. The maximum atomic E-state index is 12.4. The number of benzene rings is 2. The van der Waals surface area contributed by atoms with E-state index >= 15 is 0 Å². The number of rotatable bonds is 4. The molecule has 2 aromatic rings. The molecule has 2 aromatic carbocycles. The number of carbonyl (C=O) groups excluding carboxylic acids is 2. The van der Waals surface area contributed by atoms with Gasteiger partial charge in [0.05, 0.1) is 11.3 Å². The van der Waals surface area contributed by atoms with Crippen molar-refractivity contribution in [1.82, 2.24) is 0 Å². The van der Waals surface area contributed by atoms with Crippen molar-refractivity contribution in [2.45, 2.75) is 25.2 Å². The van der Waals surface area contributed by atoms with E-state index in [1.165, 1.54) is 0 Å². The van der Waals surface area contributed by atoms with Crippen LogP contribution in [-0.4, -0.2) is 39.0 Å². The second-order valence-electron chi connectivity index (χ2n) is 7.81. The van der Waals surface area contributed by atoms with Gasteiger partial charge in [-0.25, -0.2) is 0 Å². The summed E-state index contributed by atoms with van der Waals surface area (Å²) in [5, 5.41) is 2.99. The highest BCUT2D eigenvalue weighted by atomic mass is 16.2. The van der Waals surface area contributed by atoms with Crippen molar-refractivity contribution in [2.75, 3.05) is 42.3 Å². The molecule has 1 atom stereocenters. The lowest BCUT2D eigenvalue weighted by Crippen LogP contribution is -2.27. The molecule has 0 bridgehead atoms. The zero-order valence-electron chi connectivity index (χ0n) is 16.4. The van der Waals surface area contributed by atoms with Gasteiger partial charge in [0.2, 0.25) is 5.91 Å². The van der Waals surface area contributed by atoms with E-state index in [9.17, 15) is 9.59 Å². The highest BCUT2D eigenvalue weighted by Crippen LogP contribution is 2.41. The number of anilines is 3. The van der Waals surface area contributed by atoms with Crippen LogP contribution in [0.5, 0.6) is 0 Å². The van der Waals surface area contributed by atoms with Crippen LogP contribution in [0.1, 0.15) is 46.7 Å².